The Hall–Kier alpha value is -0.170. The number of rotatable bonds is 9. The van der Waals surface area contributed by atoms with E-state index in [9.17, 15) is 8.42 Å². The summed E-state index contributed by atoms with van der Waals surface area (Å²) in [5.74, 6) is 0.238. The zero-order valence-corrected chi connectivity index (χ0v) is 13.0. The largest absolute Gasteiger partial charge is 0.377 e. The Morgan fingerprint density at radius 1 is 1.32 bits per heavy atom. The average molecular weight is 292 g/mol. The van der Waals surface area contributed by atoms with Gasteiger partial charge in [-0.05, 0) is 45.2 Å². The molecule has 1 unspecified atom stereocenters. The molecule has 1 saturated heterocycles. The van der Waals surface area contributed by atoms with Gasteiger partial charge < -0.3 is 10.1 Å². The Kier molecular flexibility index (Phi) is 7.90. The van der Waals surface area contributed by atoms with Crippen LogP contribution in [-0.4, -0.2) is 57.9 Å². The molecule has 1 heterocycles. The van der Waals surface area contributed by atoms with E-state index in [0.717, 1.165) is 45.4 Å². The van der Waals surface area contributed by atoms with Crippen LogP contribution in [0.1, 0.15) is 39.0 Å². The molecule has 0 bridgehead atoms. The Labute approximate surface area is 117 Å². The van der Waals surface area contributed by atoms with Crippen molar-refractivity contribution in [1.82, 2.24) is 9.62 Å². The first-order valence-corrected chi connectivity index (χ1v) is 8.93. The highest BCUT2D eigenvalue weighted by molar-refractivity contribution is 7.89. The van der Waals surface area contributed by atoms with E-state index in [1.54, 1.807) is 7.05 Å². The summed E-state index contributed by atoms with van der Waals surface area (Å²) in [4.78, 5) is 0. The minimum atomic E-state index is -3.12. The minimum Gasteiger partial charge on any atom is -0.377 e. The lowest BCUT2D eigenvalue weighted by molar-refractivity contribution is 0.00859. The number of ether oxygens (including phenoxy) is 1. The van der Waals surface area contributed by atoms with Crippen molar-refractivity contribution in [2.24, 2.45) is 0 Å². The molecule has 0 radical (unpaired) electrons. The second-order valence-electron chi connectivity index (χ2n) is 5.15. The average Bonchev–Trinajstić information content (AvgIpc) is 2.39. The lowest BCUT2D eigenvalue weighted by atomic mass is 10.1. The van der Waals surface area contributed by atoms with E-state index in [1.165, 1.54) is 4.31 Å². The highest BCUT2D eigenvalue weighted by Gasteiger charge is 2.23. The second kappa shape index (κ2) is 8.89. The second-order valence-corrected chi connectivity index (χ2v) is 7.34. The lowest BCUT2D eigenvalue weighted by Crippen LogP contribution is -2.38. The van der Waals surface area contributed by atoms with Crippen LogP contribution < -0.4 is 5.32 Å². The molecule has 0 aromatic rings. The van der Waals surface area contributed by atoms with Gasteiger partial charge in [-0.3, -0.25) is 0 Å². The summed E-state index contributed by atoms with van der Waals surface area (Å²) in [6.45, 7) is 5.14. The topological polar surface area (TPSA) is 58.6 Å². The predicted molar refractivity (Wildman–Crippen MR) is 77.8 cm³/mol. The van der Waals surface area contributed by atoms with Gasteiger partial charge in [0.05, 0.1) is 11.9 Å². The first-order valence-electron chi connectivity index (χ1n) is 7.32. The van der Waals surface area contributed by atoms with Crippen molar-refractivity contribution in [2.75, 3.05) is 39.0 Å². The molecule has 1 atom stereocenters. The van der Waals surface area contributed by atoms with E-state index in [0.29, 0.717) is 13.0 Å². The molecule has 1 fully saturated rings. The Morgan fingerprint density at radius 3 is 2.74 bits per heavy atom. The van der Waals surface area contributed by atoms with Crippen LogP contribution in [0.3, 0.4) is 0 Å². The van der Waals surface area contributed by atoms with E-state index in [2.05, 4.69) is 12.2 Å². The Balaban J connectivity index is 2.25. The SMILES string of the molecule is CCNCCCCS(=O)(=O)N(C)CC1CCCCO1. The molecule has 114 valence electrons. The molecule has 19 heavy (non-hydrogen) atoms. The predicted octanol–water partition coefficient (Wildman–Crippen LogP) is 1.21. The molecular weight excluding hydrogens is 264 g/mol. The first-order chi connectivity index (χ1) is 9.06. The normalized spacial score (nSPS) is 20.9. The third kappa shape index (κ3) is 6.70. The molecule has 1 N–H and O–H groups in total. The quantitative estimate of drug-likeness (QED) is 0.649. The lowest BCUT2D eigenvalue weighted by Gasteiger charge is -2.27. The van der Waals surface area contributed by atoms with Crippen molar-refractivity contribution < 1.29 is 13.2 Å². The maximum absolute atomic E-state index is 12.1. The third-order valence-electron chi connectivity index (χ3n) is 3.47. The Morgan fingerprint density at radius 2 is 2.11 bits per heavy atom. The van der Waals surface area contributed by atoms with Gasteiger partial charge in [0.2, 0.25) is 10.0 Å². The van der Waals surface area contributed by atoms with Crippen molar-refractivity contribution in [3.05, 3.63) is 0 Å². The van der Waals surface area contributed by atoms with Crippen molar-refractivity contribution >= 4 is 10.0 Å². The molecule has 6 heteroatoms. The van der Waals surface area contributed by atoms with Crippen molar-refractivity contribution in [3.8, 4) is 0 Å². The van der Waals surface area contributed by atoms with Crippen LogP contribution in [-0.2, 0) is 14.8 Å². The first kappa shape index (κ1) is 16.9. The summed E-state index contributed by atoms with van der Waals surface area (Å²) in [7, 11) is -1.46. The van der Waals surface area contributed by atoms with E-state index in [1.807, 2.05) is 0 Å². The van der Waals surface area contributed by atoms with Gasteiger partial charge in [-0.1, -0.05) is 6.92 Å². The molecule has 1 rings (SSSR count). The van der Waals surface area contributed by atoms with E-state index >= 15 is 0 Å². The smallest absolute Gasteiger partial charge is 0.213 e. The van der Waals surface area contributed by atoms with Crippen LogP contribution in [0, 0.1) is 0 Å². The molecule has 0 aliphatic carbocycles. The molecule has 0 spiro atoms. The number of hydrogen-bond donors (Lipinski definition) is 1. The number of likely N-dealkylation sites (N-methyl/N-ethyl adjacent to an activating group) is 1. The molecule has 0 amide bonds. The number of hydrogen-bond acceptors (Lipinski definition) is 4. The zero-order chi connectivity index (χ0) is 14.1. The molecule has 1 aliphatic rings. The maximum Gasteiger partial charge on any atom is 0.213 e. The number of unbranched alkanes of at least 4 members (excludes halogenated alkanes) is 1. The van der Waals surface area contributed by atoms with Gasteiger partial charge in [0.1, 0.15) is 0 Å². The highest BCUT2D eigenvalue weighted by Crippen LogP contribution is 2.15. The van der Waals surface area contributed by atoms with Gasteiger partial charge >= 0.3 is 0 Å². The summed E-state index contributed by atoms with van der Waals surface area (Å²) < 4.78 is 31.2. The molecule has 0 aromatic heterocycles. The van der Waals surface area contributed by atoms with Gasteiger partial charge in [-0.15, -0.1) is 0 Å². The fourth-order valence-corrected chi connectivity index (χ4v) is 3.49. The van der Waals surface area contributed by atoms with E-state index < -0.39 is 10.0 Å². The summed E-state index contributed by atoms with van der Waals surface area (Å²) in [5.41, 5.74) is 0. The fourth-order valence-electron chi connectivity index (χ4n) is 2.22. The molecule has 1 aliphatic heterocycles. The molecular formula is C13H28N2O3S. The van der Waals surface area contributed by atoms with Crippen LogP contribution in [0.2, 0.25) is 0 Å². The minimum absolute atomic E-state index is 0.0790. The van der Waals surface area contributed by atoms with Gasteiger partial charge in [-0.25, -0.2) is 12.7 Å². The van der Waals surface area contributed by atoms with Crippen LogP contribution in [0.15, 0.2) is 0 Å². The number of sulfonamides is 1. The van der Waals surface area contributed by atoms with Crippen molar-refractivity contribution in [3.63, 3.8) is 0 Å². The van der Waals surface area contributed by atoms with Gasteiger partial charge in [0.25, 0.3) is 0 Å². The molecule has 0 saturated carbocycles. The maximum atomic E-state index is 12.1. The number of nitrogens with one attached hydrogen (secondary N) is 1. The van der Waals surface area contributed by atoms with Crippen LogP contribution in [0.4, 0.5) is 0 Å². The third-order valence-corrected chi connectivity index (χ3v) is 5.37. The van der Waals surface area contributed by atoms with Crippen molar-refractivity contribution in [1.29, 1.82) is 0 Å². The van der Waals surface area contributed by atoms with Gasteiger partial charge in [0.15, 0.2) is 0 Å². The summed E-state index contributed by atoms with van der Waals surface area (Å²) in [5, 5.41) is 3.20. The molecule has 0 aromatic carbocycles. The summed E-state index contributed by atoms with van der Waals surface area (Å²) in [6.07, 6.45) is 4.90. The monoisotopic (exact) mass is 292 g/mol. The van der Waals surface area contributed by atoms with Crippen LogP contribution >= 0.6 is 0 Å². The van der Waals surface area contributed by atoms with E-state index in [4.69, 9.17) is 4.74 Å². The van der Waals surface area contributed by atoms with Gasteiger partial charge in [-0.2, -0.15) is 0 Å². The standard InChI is InChI=1S/C13H28N2O3S/c1-3-14-9-5-7-11-19(16,17)15(2)12-13-8-4-6-10-18-13/h13-14H,3-12H2,1-2H3. The zero-order valence-electron chi connectivity index (χ0n) is 12.2. The van der Waals surface area contributed by atoms with Gasteiger partial charge in [0, 0.05) is 20.2 Å². The fraction of sp³-hybridized carbons (Fsp3) is 1.00. The van der Waals surface area contributed by atoms with Crippen molar-refractivity contribution in [2.45, 2.75) is 45.1 Å². The summed E-state index contributed by atoms with van der Waals surface area (Å²) >= 11 is 0. The molecule has 5 nitrogen and oxygen atoms in total. The highest BCUT2D eigenvalue weighted by atomic mass is 32.2. The Bertz CT molecular complexity index is 327. The van der Waals surface area contributed by atoms with Crippen LogP contribution in [0.5, 0.6) is 0 Å². The summed E-state index contributed by atoms with van der Waals surface area (Å²) in [6, 6.07) is 0. The number of nitrogens with zero attached hydrogens (tertiary/aromatic N) is 1. The van der Waals surface area contributed by atoms with E-state index in [-0.39, 0.29) is 11.9 Å². The van der Waals surface area contributed by atoms with Crippen LogP contribution in [0.25, 0.3) is 0 Å².